The minimum absolute atomic E-state index is 0.200. The number of ether oxygens (including phenoxy) is 1. The van der Waals surface area contributed by atoms with Crippen molar-refractivity contribution in [2.75, 3.05) is 19.8 Å². The molecule has 7 nitrogen and oxygen atoms in total. The van der Waals surface area contributed by atoms with E-state index in [4.69, 9.17) is 5.11 Å². The largest absolute Gasteiger partial charge is 0.480 e. The van der Waals surface area contributed by atoms with Gasteiger partial charge in [-0.05, 0) is 19.3 Å². The molecule has 1 aliphatic heterocycles. The van der Waals surface area contributed by atoms with E-state index < -0.39 is 24.5 Å². The number of rotatable bonds is 5. The Bertz CT molecular complexity index is 305. The highest BCUT2D eigenvalue weighted by molar-refractivity contribution is 5.88. The molecule has 0 radical (unpaired) electrons. The van der Waals surface area contributed by atoms with E-state index in [-0.39, 0.29) is 12.5 Å². The third kappa shape index (κ3) is 5.30. The molecule has 0 spiro atoms. The fraction of sp³-hybridized carbons (Fsp3) is 0.700. The van der Waals surface area contributed by atoms with Crippen molar-refractivity contribution in [3.63, 3.8) is 0 Å². The first-order valence-corrected chi connectivity index (χ1v) is 5.46. The number of carboxylic acid groups (broad SMARTS) is 1. The maximum absolute atomic E-state index is 11.5. The fourth-order valence-electron chi connectivity index (χ4n) is 1.54. The van der Waals surface area contributed by atoms with Crippen molar-refractivity contribution in [2.24, 2.45) is 0 Å². The molecule has 17 heavy (non-hydrogen) atoms. The number of carbonyl (C=O) groups excluding carboxylic acids is 2. The first-order valence-electron chi connectivity index (χ1n) is 5.46. The van der Waals surface area contributed by atoms with Crippen LogP contribution in [-0.4, -0.2) is 48.7 Å². The Balaban J connectivity index is 2.28. The standard InChI is InChI=1S/C10H16N2O5/c13-8(5-17-6-9(14)15)12-7-3-1-2-4-11-10(7)16/h7H,1-6H2,(H,11,16)(H,12,13)(H,14,15)/t7-/m1/s1. The highest BCUT2D eigenvalue weighted by Crippen LogP contribution is 2.04. The van der Waals surface area contributed by atoms with Gasteiger partial charge in [-0.15, -0.1) is 0 Å². The molecule has 0 saturated carbocycles. The third-order valence-electron chi connectivity index (χ3n) is 2.33. The van der Waals surface area contributed by atoms with Crippen LogP contribution in [0.4, 0.5) is 0 Å². The average Bonchev–Trinajstić information content (AvgIpc) is 2.44. The van der Waals surface area contributed by atoms with Crippen LogP contribution in [0.3, 0.4) is 0 Å². The number of amides is 2. The number of hydrogen-bond donors (Lipinski definition) is 3. The summed E-state index contributed by atoms with van der Waals surface area (Å²) in [6, 6.07) is -0.543. The van der Waals surface area contributed by atoms with Crippen LogP contribution in [0.15, 0.2) is 0 Å². The van der Waals surface area contributed by atoms with Crippen LogP contribution in [0.25, 0.3) is 0 Å². The van der Waals surface area contributed by atoms with Crippen molar-refractivity contribution >= 4 is 17.8 Å². The Morgan fingerprint density at radius 3 is 2.88 bits per heavy atom. The zero-order valence-corrected chi connectivity index (χ0v) is 9.40. The predicted molar refractivity (Wildman–Crippen MR) is 57.2 cm³/mol. The number of hydrogen-bond acceptors (Lipinski definition) is 4. The summed E-state index contributed by atoms with van der Waals surface area (Å²) in [5.41, 5.74) is 0. The second-order valence-electron chi connectivity index (χ2n) is 3.79. The van der Waals surface area contributed by atoms with Crippen LogP contribution in [0.2, 0.25) is 0 Å². The molecule has 0 aromatic rings. The topological polar surface area (TPSA) is 105 Å². The Morgan fingerprint density at radius 2 is 2.18 bits per heavy atom. The Morgan fingerprint density at radius 1 is 1.41 bits per heavy atom. The Labute approximate surface area is 98.5 Å². The van der Waals surface area contributed by atoms with E-state index in [1.165, 1.54) is 0 Å². The van der Waals surface area contributed by atoms with Crippen LogP contribution >= 0.6 is 0 Å². The molecular formula is C10H16N2O5. The van der Waals surface area contributed by atoms with E-state index in [2.05, 4.69) is 15.4 Å². The van der Waals surface area contributed by atoms with E-state index in [1.54, 1.807) is 0 Å². The van der Waals surface area contributed by atoms with Gasteiger partial charge in [0.2, 0.25) is 11.8 Å². The molecule has 0 aromatic heterocycles. The Kier molecular flexibility index (Phi) is 5.41. The van der Waals surface area contributed by atoms with Gasteiger partial charge in [0, 0.05) is 6.54 Å². The second-order valence-corrected chi connectivity index (χ2v) is 3.79. The molecule has 1 aliphatic rings. The van der Waals surface area contributed by atoms with Crippen LogP contribution < -0.4 is 10.6 Å². The molecule has 1 rings (SSSR count). The highest BCUT2D eigenvalue weighted by atomic mass is 16.5. The van der Waals surface area contributed by atoms with Gasteiger partial charge in [0.1, 0.15) is 19.3 Å². The van der Waals surface area contributed by atoms with Gasteiger partial charge >= 0.3 is 5.97 Å². The third-order valence-corrected chi connectivity index (χ3v) is 2.33. The lowest BCUT2D eigenvalue weighted by Crippen LogP contribution is -2.46. The molecule has 1 saturated heterocycles. The van der Waals surface area contributed by atoms with Gasteiger partial charge in [-0.1, -0.05) is 0 Å². The van der Waals surface area contributed by atoms with Gasteiger partial charge in [0.05, 0.1) is 0 Å². The predicted octanol–water partition coefficient (Wildman–Crippen LogP) is -1.13. The maximum Gasteiger partial charge on any atom is 0.329 e. The summed E-state index contributed by atoms with van der Waals surface area (Å²) in [5.74, 6) is -1.81. The van der Waals surface area contributed by atoms with Gasteiger partial charge in [-0.25, -0.2) is 4.79 Å². The van der Waals surface area contributed by atoms with E-state index in [0.717, 1.165) is 12.8 Å². The molecule has 0 bridgehead atoms. The molecule has 3 N–H and O–H groups in total. The molecular weight excluding hydrogens is 228 g/mol. The van der Waals surface area contributed by atoms with Crippen molar-refractivity contribution in [2.45, 2.75) is 25.3 Å². The smallest absolute Gasteiger partial charge is 0.329 e. The number of carboxylic acids is 1. The number of carbonyl (C=O) groups is 3. The summed E-state index contributed by atoms with van der Waals surface area (Å²) in [5, 5.41) is 13.5. The van der Waals surface area contributed by atoms with Gasteiger partial charge in [-0.2, -0.15) is 0 Å². The van der Waals surface area contributed by atoms with Gasteiger partial charge in [0.15, 0.2) is 0 Å². The van der Waals surface area contributed by atoms with Crippen molar-refractivity contribution in [1.29, 1.82) is 0 Å². The van der Waals surface area contributed by atoms with Crippen molar-refractivity contribution in [1.82, 2.24) is 10.6 Å². The zero-order valence-electron chi connectivity index (χ0n) is 9.40. The molecule has 0 unspecified atom stereocenters. The summed E-state index contributed by atoms with van der Waals surface area (Å²) in [6.07, 6.45) is 2.35. The van der Waals surface area contributed by atoms with E-state index in [1.807, 2.05) is 0 Å². The lowest BCUT2D eigenvalue weighted by Gasteiger charge is -2.14. The molecule has 0 aliphatic carbocycles. The minimum Gasteiger partial charge on any atom is -0.480 e. The summed E-state index contributed by atoms with van der Waals surface area (Å²) >= 11 is 0. The minimum atomic E-state index is -1.13. The summed E-state index contributed by atoms with van der Waals surface area (Å²) < 4.78 is 4.62. The van der Waals surface area contributed by atoms with Gasteiger partial charge < -0.3 is 20.5 Å². The summed E-state index contributed by atoms with van der Waals surface area (Å²) in [7, 11) is 0. The van der Waals surface area contributed by atoms with E-state index in [0.29, 0.717) is 13.0 Å². The molecule has 1 atom stereocenters. The van der Waals surface area contributed by atoms with Crippen LogP contribution in [0, 0.1) is 0 Å². The fourth-order valence-corrected chi connectivity index (χ4v) is 1.54. The maximum atomic E-state index is 11.5. The van der Waals surface area contributed by atoms with Crippen LogP contribution in [0.5, 0.6) is 0 Å². The lowest BCUT2D eigenvalue weighted by molar-refractivity contribution is -0.144. The molecule has 1 fully saturated rings. The Hall–Kier alpha value is -1.63. The quantitative estimate of drug-likeness (QED) is 0.567. The zero-order chi connectivity index (χ0) is 12.7. The average molecular weight is 244 g/mol. The summed E-state index contributed by atoms with van der Waals surface area (Å²) in [6.45, 7) is -0.249. The van der Waals surface area contributed by atoms with Crippen molar-refractivity contribution < 1.29 is 24.2 Å². The molecule has 1 heterocycles. The van der Waals surface area contributed by atoms with Crippen molar-refractivity contribution in [3.05, 3.63) is 0 Å². The highest BCUT2D eigenvalue weighted by Gasteiger charge is 2.22. The lowest BCUT2D eigenvalue weighted by atomic mass is 10.1. The first kappa shape index (κ1) is 13.4. The van der Waals surface area contributed by atoms with E-state index in [9.17, 15) is 14.4 Å². The molecule has 96 valence electrons. The first-order chi connectivity index (χ1) is 8.09. The summed E-state index contributed by atoms with van der Waals surface area (Å²) in [4.78, 5) is 33.0. The normalized spacial score (nSPS) is 20.2. The SMILES string of the molecule is O=C(O)COCC(=O)N[C@@H]1CCCCNC1=O. The molecule has 7 heteroatoms. The van der Waals surface area contributed by atoms with Gasteiger partial charge in [0.25, 0.3) is 0 Å². The monoisotopic (exact) mass is 244 g/mol. The molecule has 0 aromatic carbocycles. The number of aliphatic carboxylic acids is 1. The van der Waals surface area contributed by atoms with Gasteiger partial charge in [-0.3, -0.25) is 9.59 Å². The van der Waals surface area contributed by atoms with Crippen molar-refractivity contribution in [3.8, 4) is 0 Å². The second kappa shape index (κ2) is 6.85. The number of nitrogens with one attached hydrogen (secondary N) is 2. The van der Waals surface area contributed by atoms with Crippen LogP contribution in [0.1, 0.15) is 19.3 Å². The molecule has 2 amide bonds. The van der Waals surface area contributed by atoms with E-state index >= 15 is 0 Å². The van der Waals surface area contributed by atoms with Crippen LogP contribution in [-0.2, 0) is 19.1 Å².